The van der Waals surface area contributed by atoms with Crippen LogP contribution in [0.15, 0.2) is 36.4 Å². The molecule has 8 heteroatoms. The Morgan fingerprint density at radius 1 is 1.12 bits per heavy atom. The Kier molecular flexibility index (Phi) is 3.99. The first-order valence-electron chi connectivity index (χ1n) is 7.40. The monoisotopic (exact) mass is 334 g/mol. The second-order valence-corrected chi connectivity index (χ2v) is 5.84. The van der Waals surface area contributed by atoms with E-state index in [2.05, 4.69) is 30.0 Å². The van der Waals surface area contributed by atoms with Gasteiger partial charge in [-0.2, -0.15) is 0 Å². The number of rotatable bonds is 4. The number of hydrogen-bond donors (Lipinski definition) is 2. The number of pyridine rings is 2. The third-order valence-electron chi connectivity index (χ3n) is 3.81. The molecule has 0 unspecified atom stereocenters. The Bertz CT molecular complexity index is 987. The highest BCUT2D eigenvalue weighted by atomic mass is 16.4. The summed E-state index contributed by atoms with van der Waals surface area (Å²) >= 11 is 0. The summed E-state index contributed by atoms with van der Waals surface area (Å²) in [5.41, 5.74) is 1.16. The number of hydrogen-bond acceptors (Lipinski definition) is 5. The molecule has 3 aromatic heterocycles. The first-order valence-corrected chi connectivity index (χ1v) is 7.40. The fourth-order valence-corrected chi connectivity index (χ4v) is 2.36. The zero-order valence-electron chi connectivity index (χ0n) is 13.6. The van der Waals surface area contributed by atoms with Gasteiger partial charge in [0.25, 0.3) is 5.82 Å². The SMILES string of the molecule is [C-]#[N+]c1nc(-c2cccc(C(C)(C)c3cccc(C(=O)O)n3)n2)n[nH]1. The van der Waals surface area contributed by atoms with E-state index in [1.54, 1.807) is 18.2 Å². The molecule has 25 heavy (non-hydrogen) atoms. The van der Waals surface area contributed by atoms with Crippen molar-refractivity contribution in [1.82, 2.24) is 25.1 Å². The van der Waals surface area contributed by atoms with Crippen molar-refractivity contribution in [3.8, 4) is 11.5 Å². The fourth-order valence-electron chi connectivity index (χ4n) is 2.36. The lowest BCUT2D eigenvalue weighted by Gasteiger charge is -2.24. The summed E-state index contributed by atoms with van der Waals surface area (Å²) in [5, 5.41) is 15.7. The normalized spacial score (nSPS) is 11.1. The quantitative estimate of drug-likeness (QED) is 0.710. The topological polar surface area (TPSA) is 109 Å². The summed E-state index contributed by atoms with van der Waals surface area (Å²) in [5.74, 6) is -0.653. The van der Waals surface area contributed by atoms with Crippen LogP contribution in [0.3, 0.4) is 0 Å². The number of carboxylic acid groups (broad SMARTS) is 1. The summed E-state index contributed by atoms with van der Waals surface area (Å²) in [6.45, 7) is 10.8. The first-order chi connectivity index (χ1) is 11.9. The Morgan fingerprint density at radius 3 is 2.44 bits per heavy atom. The third-order valence-corrected chi connectivity index (χ3v) is 3.81. The van der Waals surface area contributed by atoms with Crippen LogP contribution in [-0.4, -0.2) is 36.2 Å². The average Bonchev–Trinajstić information content (AvgIpc) is 3.11. The number of aromatic carboxylic acids is 1. The summed E-state index contributed by atoms with van der Waals surface area (Å²) in [6, 6.07) is 10.3. The predicted octanol–water partition coefficient (Wildman–Crippen LogP) is 2.84. The Hall–Kier alpha value is -3.60. The van der Waals surface area contributed by atoms with Gasteiger partial charge in [0.15, 0.2) is 0 Å². The van der Waals surface area contributed by atoms with E-state index in [-0.39, 0.29) is 11.6 Å². The zero-order valence-corrected chi connectivity index (χ0v) is 13.6. The highest BCUT2D eigenvalue weighted by molar-refractivity contribution is 5.85. The van der Waals surface area contributed by atoms with Gasteiger partial charge in [0.1, 0.15) is 11.4 Å². The lowest BCUT2D eigenvalue weighted by molar-refractivity contribution is 0.0690. The molecule has 0 aromatic carbocycles. The van der Waals surface area contributed by atoms with Crippen LogP contribution in [-0.2, 0) is 5.41 Å². The summed E-state index contributed by atoms with van der Waals surface area (Å²) in [7, 11) is 0. The standard InChI is InChI=1S/C17H14N6O2/c1-17(2,13-9-5-7-11(20-13)15(24)25)12-8-4-6-10(19-12)14-21-16(18-3)23-22-14/h4-9H,1-2H3,(H,24,25)(H,21,22,23). The minimum Gasteiger partial charge on any atom is -0.477 e. The van der Waals surface area contributed by atoms with Gasteiger partial charge in [-0.1, -0.05) is 17.2 Å². The minimum atomic E-state index is -1.08. The maximum Gasteiger partial charge on any atom is 0.357 e. The van der Waals surface area contributed by atoms with Crippen LogP contribution in [0.1, 0.15) is 35.7 Å². The molecule has 0 saturated heterocycles. The number of aromatic nitrogens is 5. The van der Waals surface area contributed by atoms with Crippen molar-refractivity contribution in [1.29, 1.82) is 0 Å². The lowest BCUT2D eigenvalue weighted by Crippen LogP contribution is -2.23. The second-order valence-electron chi connectivity index (χ2n) is 5.84. The lowest BCUT2D eigenvalue weighted by atomic mass is 9.84. The van der Waals surface area contributed by atoms with E-state index in [9.17, 15) is 4.79 Å². The molecular weight excluding hydrogens is 320 g/mol. The largest absolute Gasteiger partial charge is 0.477 e. The van der Waals surface area contributed by atoms with Crippen LogP contribution in [0.25, 0.3) is 16.4 Å². The molecule has 124 valence electrons. The molecule has 0 atom stereocenters. The Morgan fingerprint density at radius 2 is 1.80 bits per heavy atom. The number of aromatic amines is 1. The number of nitrogens with one attached hydrogen (secondary N) is 1. The second kappa shape index (κ2) is 6.13. The van der Waals surface area contributed by atoms with Crippen molar-refractivity contribution in [2.75, 3.05) is 0 Å². The average molecular weight is 334 g/mol. The Labute approximate surface area is 143 Å². The van der Waals surface area contributed by atoms with Crippen molar-refractivity contribution in [2.45, 2.75) is 19.3 Å². The highest BCUT2D eigenvalue weighted by Crippen LogP contribution is 2.30. The van der Waals surface area contributed by atoms with E-state index in [1.165, 1.54) is 6.07 Å². The van der Waals surface area contributed by atoms with Crippen molar-refractivity contribution in [2.24, 2.45) is 0 Å². The minimum absolute atomic E-state index is 0.0163. The van der Waals surface area contributed by atoms with E-state index in [4.69, 9.17) is 11.7 Å². The van der Waals surface area contributed by atoms with Gasteiger partial charge in [-0.15, -0.1) is 11.6 Å². The van der Waals surface area contributed by atoms with E-state index in [1.807, 2.05) is 26.0 Å². The molecule has 3 heterocycles. The molecule has 0 radical (unpaired) electrons. The van der Waals surface area contributed by atoms with Crippen LogP contribution in [0.4, 0.5) is 5.95 Å². The summed E-state index contributed by atoms with van der Waals surface area (Å²) < 4.78 is 0. The Balaban J connectivity index is 2.03. The van der Waals surface area contributed by atoms with Crippen molar-refractivity contribution in [3.05, 3.63) is 64.9 Å². The van der Waals surface area contributed by atoms with E-state index in [0.29, 0.717) is 22.9 Å². The smallest absolute Gasteiger partial charge is 0.357 e. The van der Waals surface area contributed by atoms with Gasteiger partial charge in [0.2, 0.25) is 0 Å². The molecule has 3 rings (SSSR count). The van der Waals surface area contributed by atoms with Gasteiger partial charge >= 0.3 is 11.9 Å². The van der Waals surface area contributed by atoms with Crippen LogP contribution in [0, 0.1) is 6.57 Å². The van der Waals surface area contributed by atoms with Crippen molar-refractivity contribution >= 4 is 11.9 Å². The molecule has 0 bridgehead atoms. The number of carboxylic acids is 1. The molecule has 8 nitrogen and oxygen atoms in total. The fraction of sp³-hybridized carbons (Fsp3) is 0.176. The summed E-state index contributed by atoms with van der Waals surface area (Å²) in [6.07, 6.45) is 0. The molecule has 0 aliphatic carbocycles. The third kappa shape index (κ3) is 3.07. The van der Waals surface area contributed by atoms with Gasteiger partial charge in [0.05, 0.1) is 11.4 Å². The van der Waals surface area contributed by atoms with E-state index >= 15 is 0 Å². The van der Waals surface area contributed by atoms with Gasteiger partial charge in [-0.05, 0) is 38.1 Å². The molecule has 0 aliphatic heterocycles. The maximum absolute atomic E-state index is 11.2. The molecule has 0 aliphatic rings. The van der Waals surface area contributed by atoms with Gasteiger partial charge in [-0.3, -0.25) is 0 Å². The van der Waals surface area contributed by atoms with Crippen molar-refractivity contribution in [3.63, 3.8) is 0 Å². The molecule has 0 saturated carbocycles. The molecular formula is C17H14N6O2. The van der Waals surface area contributed by atoms with Crippen LogP contribution in [0.5, 0.6) is 0 Å². The van der Waals surface area contributed by atoms with Gasteiger partial charge in [-0.25, -0.2) is 19.9 Å². The van der Waals surface area contributed by atoms with Gasteiger partial charge < -0.3 is 9.95 Å². The van der Waals surface area contributed by atoms with Gasteiger partial charge in [0, 0.05) is 5.41 Å². The maximum atomic E-state index is 11.2. The molecule has 3 aromatic rings. The molecule has 0 amide bonds. The van der Waals surface area contributed by atoms with Crippen LogP contribution >= 0.6 is 0 Å². The van der Waals surface area contributed by atoms with E-state index in [0.717, 1.165) is 0 Å². The number of carbonyl (C=O) groups is 1. The van der Waals surface area contributed by atoms with Crippen LogP contribution in [0.2, 0.25) is 0 Å². The summed E-state index contributed by atoms with van der Waals surface area (Å²) in [4.78, 5) is 27.2. The van der Waals surface area contributed by atoms with Crippen LogP contribution < -0.4 is 0 Å². The molecule has 2 N–H and O–H groups in total. The number of nitrogens with zero attached hydrogens (tertiary/aromatic N) is 5. The van der Waals surface area contributed by atoms with Crippen molar-refractivity contribution < 1.29 is 9.90 Å². The first kappa shape index (κ1) is 16.3. The highest BCUT2D eigenvalue weighted by Gasteiger charge is 2.28. The number of H-pyrrole nitrogens is 1. The van der Waals surface area contributed by atoms with E-state index < -0.39 is 11.4 Å². The molecule has 0 fully saturated rings. The molecule has 0 spiro atoms. The zero-order chi connectivity index (χ0) is 18.0. The predicted molar refractivity (Wildman–Crippen MR) is 89.2 cm³/mol.